The topological polar surface area (TPSA) is 83.1 Å². The molecule has 0 aliphatic heterocycles. The molecule has 0 radical (unpaired) electrons. The third-order valence-electron chi connectivity index (χ3n) is 7.25. The molecule has 2 N–H and O–H groups in total. The third kappa shape index (κ3) is 3.64. The minimum Gasteiger partial charge on any atom is -0.423 e. The standard InChI is InChI=1S/C25H33N4O3/c1-5-25(26,6-2)24(31)32-16-29-14-13-28(17(29)3)15-18-11-12-21-22(23(18)30)19-9-7-8-10-20(19)27(21)4/h7-10,13-14,18H,5-6,11-12,15-16,26H2,1-4H3/q+1. The summed E-state index contributed by atoms with van der Waals surface area (Å²) in [6.07, 6.45) is 6.62. The molecule has 4 rings (SSSR count). The van der Waals surface area contributed by atoms with Gasteiger partial charge < -0.3 is 15.0 Å². The van der Waals surface area contributed by atoms with Crippen LogP contribution in [-0.2, 0) is 36.3 Å². The summed E-state index contributed by atoms with van der Waals surface area (Å²) in [7, 11) is 2.04. The zero-order chi connectivity index (χ0) is 23.0. The SMILES string of the molecule is CCC(N)(CC)C(=O)OC[n+]1ccn(CC2CCc3c(c4ccccc4n3C)C2=O)c1C. The van der Waals surface area contributed by atoms with E-state index in [1.807, 2.05) is 63.0 Å². The molecule has 0 bridgehead atoms. The zero-order valence-electron chi connectivity index (χ0n) is 19.4. The quantitative estimate of drug-likeness (QED) is 0.455. The van der Waals surface area contributed by atoms with E-state index in [9.17, 15) is 9.59 Å². The van der Waals surface area contributed by atoms with Crippen molar-refractivity contribution in [1.29, 1.82) is 0 Å². The summed E-state index contributed by atoms with van der Waals surface area (Å²) >= 11 is 0. The van der Waals surface area contributed by atoms with Crippen LogP contribution in [0.15, 0.2) is 36.7 Å². The highest BCUT2D eigenvalue weighted by Crippen LogP contribution is 2.34. The lowest BCUT2D eigenvalue weighted by Gasteiger charge is -2.23. The first-order chi connectivity index (χ1) is 15.3. The number of aromatic nitrogens is 3. The summed E-state index contributed by atoms with van der Waals surface area (Å²) in [5, 5.41) is 1.04. The average molecular weight is 438 g/mol. The highest BCUT2D eigenvalue weighted by atomic mass is 16.5. The number of ketones is 1. The second kappa shape index (κ2) is 8.54. The van der Waals surface area contributed by atoms with Crippen molar-refractivity contribution >= 4 is 22.7 Å². The first-order valence-electron chi connectivity index (χ1n) is 11.4. The Balaban J connectivity index is 1.49. The molecule has 3 aromatic rings. The Morgan fingerprint density at radius 3 is 2.72 bits per heavy atom. The van der Waals surface area contributed by atoms with E-state index in [-0.39, 0.29) is 24.4 Å². The minimum atomic E-state index is -0.943. The van der Waals surface area contributed by atoms with Gasteiger partial charge in [-0.05, 0) is 31.7 Å². The minimum absolute atomic E-state index is 0.0766. The number of esters is 1. The van der Waals surface area contributed by atoms with Crippen LogP contribution >= 0.6 is 0 Å². The molecule has 1 aliphatic rings. The highest BCUT2D eigenvalue weighted by molar-refractivity contribution is 6.11. The molecule has 2 aromatic heterocycles. The van der Waals surface area contributed by atoms with Crippen molar-refractivity contribution in [3.05, 3.63) is 53.7 Å². The van der Waals surface area contributed by atoms with E-state index in [0.717, 1.165) is 40.8 Å². The number of benzene rings is 1. The number of aryl methyl sites for hydroxylation is 1. The summed E-state index contributed by atoms with van der Waals surface area (Å²) in [6, 6.07) is 8.12. The Morgan fingerprint density at radius 2 is 2.00 bits per heavy atom. The molecule has 1 aromatic carbocycles. The molecule has 170 valence electrons. The lowest BCUT2D eigenvalue weighted by molar-refractivity contribution is -0.732. The maximum absolute atomic E-state index is 13.4. The Labute approximate surface area is 188 Å². The molecule has 0 amide bonds. The van der Waals surface area contributed by atoms with Gasteiger partial charge in [0.25, 0.3) is 5.82 Å². The summed E-state index contributed by atoms with van der Waals surface area (Å²) in [6.45, 7) is 6.48. The second-order valence-electron chi connectivity index (χ2n) is 8.89. The monoisotopic (exact) mass is 437 g/mol. The Bertz CT molecular complexity index is 1170. The summed E-state index contributed by atoms with van der Waals surface area (Å²) in [5.41, 5.74) is 8.32. The van der Waals surface area contributed by atoms with Crippen LogP contribution in [0.4, 0.5) is 0 Å². The van der Waals surface area contributed by atoms with Crippen molar-refractivity contribution in [1.82, 2.24) is 9.13 Å². The van der Waals surface area contributed by atoms with Crippen molar-refractivity contribution in [3.8, 4) is 0 Å². The van der Waals surface area contributed by atoms with Crippen molar-refractivity contribution < 1.29 is 18.9 Å². The third-order valence-corrected chi connectivity index (χ3v) is 7.25. The molecular weight excluding hydrogens is 404 g/mol. The highest BCUT2D eigenvalue weighted by Gasteiger charge is 2.35. The number of fused-ring (bicyclic) bond motifs is 3. The van der Waals surface area contributed by atoms with Crippen LogP contribution in [-0.4, -0.2) is 26.4 Å². The van der Waals surface area contributed by atoms with Gasteiger partial charge in [0.05, 0.1) is 5.92 Å². The summed E-state index contributed by atoms with van der Waals surface area (Å²) in [4.78, 5) is 25.8. The number of Topliss-reactive ketones (excluding diaryl/α,β-unsaturated/α-hetero) is 1. The van der Waals surface area contributed by atoms with Gasteiger partial charge in [-0.2, -0.15) is 4.57 Å². The fourth-order valence-electron chi connectivity index (χ4n) is 4.75. The van der Waals surface area contributed by atoms with E-state index >= 15 is 0 Å². The number of rotatable bonds is 7. The molecule has 1 unspecified atom stereocenters. The van der Waals surface area contributed by atoms with Crippen molar-refractivity contribution in [2.75, 3.05) is 0 Å². The Morgan fingerprint density at radius 1 is 1.28 bits per heavy atom. The van der Waals surface area contributed by atoms with E-state index in [2.05, 4.69) is 15.2 Å². The Hall–Kier alpha value is -2.93. The van der Waals surface area contributed by atoms with Gasteiger partial charge in [0.15, 0.2) is 5.78 Å². The molecule has 0 saturated carbocycles. The van der Waals surface area contributed by atoms with E-state index in [1.165, 1.54) is 0 Å². The van der Waals surface area contributed by atoms with Gasteiger partial charge in [-0.1, -0.05) is 32.0 Å². The van der Waals surface area contributed by atoms with E-state index in [0.29, 0.717) is 19.4 Å². The van der Waals surface area contributed by atoms with Gasteiger partial charge in [-0.3, -0.25) is 4.79 Å². The van der Waals surface area contributed by atoms with Crippen molar-refractivity contribution in [3.63, 3.8) is 0 Å². The van der Waals surface area contributed by atoms with Crippen LogP contribution in [0.2, 0.25) is 0 Å². The predicted octanol–water partition coefficient (Wildman–Crippen LogP) is 3.04. The molecule has 1 atom stereocenters. The molecule has 7 heteroatoms. The first kappa shape index (κ1) is 22.3. The van der Waals surface area contributed by atoms with Crippen molar-refractivity contribution in [2.24, 2.45) is 18.7 Å². The number of para-hydroxylation sites is 1. The number of ether oxygens (including phenoxy) is 1. The molecule has 0 saturated heterocycles. The molecule has 0 fully saturated rings. The van der Waals surface area contributed by atoms with E-state index in [4.69, 9.17) is 10.5 Å². The lowest BCUT2D eigenvalue weighted by atomic mass is 9.85. The van der Waals surface area contributed by atoms with E-state index in [1.54, 1.807) is 0 Å². The summed E-state index contributed by atoms with van der Waals surface area (Å²) in [5.74, 6) is 0.693. The van der Waals surface area contributed by atoms with Gasteiger partial charge >= 0.3 is 5.97 Å². The lowest BCUT2D eigenvalue weighted by Crippen LogP contribution is -2.50. The number of hydrogen-bond donors (Lipinski definition) is 1. The summed E-state index contributed by atoms with van der Waals surface area (Å²) < 4.78 is 11.6. The molecule has 2 heterocycles. The van der Waals surface area contributed by atoms with Crippen LogP contribution in [0, 0.1) is 12.8 Å². The largest absolute Gasteiger partial charge is 0.423 e. The average Bonchev–Trinajstić information content (AvgIpc) is 3.31. The number of carbonyl (C=O) groups excluding carboxylic acids is 2. The fourth-order valence-corrected chi connectivity index (χ4v) is 4.75. The van der Waals surface area contributed by atoms with Crippen LogP contribution in [0.1, 0.15) is 55.0 Å². The van der Waals surface area contributed by atoms with Gasteiger partial charge in [-0.15, -0.1) is 0 Å². The van der Waals surface area contributed by atoms with Crippen LogP contribution in [0.5, 0.6) is 0 Å². The fraction of sp³-hybridized carbons (Fsp3) is 0.480. The number of nitrogens with zero attached hydrogens (tertiary/aromatic N) is 3. The smallest absolute Gasteiger partial charge is 0.329 e. The predicted molar refractivity (Wildman–Crippen MR) is 122 cm³/mol. The van der Waals surface area contributed by atoms with Crippen molar-refractivity contribution in [2.45, 2.75) is 65.3 Å². The second-order valence-corrected chi connectivity index (χ2v) is 8.89. The van der Waals surface area contributed by atoms with Gasteiger partial charge in [-0.25, -0.2) is 9.36 Å². The number of nitrogens with two attached hydrogens (primary N) is 1. The zero-order valence-corrected chi connectivity index (χ0v) is 19.4. The van der Waals surface area contributed by atoms with Gasteiger partial charge in [0, 0.05) is 36.1 Å². The van der Waals surface area contributed by atoms with Crippen LogP contribution in [0.25, 0.3) is 10.9 Å². The molecular formula is C25H33N4O3+. The Kier molecular flexibility index (Phi) is 5.95. The normalized spacial score (nSPS) is 16.4. The van der Waals surface area contributed by atoms with Gasteiger partial charge in [0.2, 0.25) is 6.73 Å². The maximum atomic E-state index is 13.4. The number of imidazole rings is 1. The van der Waals surface area contributed by atoms with Gasteiger partial charge in [0.1, 0.15) is 24.5 Å². The number of carbonyl (C=O) groups is 2. The van der Waals surface area contributed by atoms with E-state index < -0.39 is 5.54 Å². The maximum Gasteiger partial charge on any atom is 0.329 e. The van der Waals surface area contributed by atoms with Crippen LogP contribution in [0.3, 0.4) is 0 Å². The molecule has 1 aliphatic carbocycles. The molecule has 7 nitrogen and oxygen atoms in total. The molecule has 0 spiro atoms. The number of hydrogen-bond acceptors (Lipinski definition) is 4. The first-order valence-corrected chi connectivity index (χ1v) is 11.4. The van der Waals surface area contributed by atoms with Crippen LogP contribution < -0.4 is 10.3 Å². The molecule has 32 heavy (non-hydrogen) atoms.